The Morgan fingerprint density at radius 3 is 1.21 bits per heavy atom. The second-order valence-corrected chi connectivity index (χ2v) is 11.3. The SMILES string of the molecule is N#Cc1cncc(-c2cc(-c3cncc(C#N)c3)c3ccc4c(-c5cnccc5C#N)cc(-c5cncc(C#N)c5)c5ccc2c3c54)c1. The Morgan fingerprint density at radius 1 is 0.375 bits per heavy atom. The van der Waals surface area contributed by atoms with Gasteiger partial charge in [0.25, 0.3) is 0 Å². The van der Waals surface area contributed by atoms with Gasteiger partial charge in [-0.1, -0.05) is 24.3 Å². The molecule has 0 fully saturated rings. The van der Waals surface area contributed by atoms with Crippen molar-refractivity contribution in [2.45, 2.75) is 0 Å². The average Bonchev–Trinajstić information content (AvgIpc) is 3.16. The Bertz CT molecular complexity index is 2710. The highest BCUT2D eigenvalue weighted by Gasteiger charge is 2.22. The van der Waals surface area contributed by atoms with Gasteiger partial charge in [0, 0.05) is 71.8 Å². The number of benzene rings is 4. The summed E-state index contributed by atoms with van der Waals surface area (Å²) in [6.07, 6.45) is 13.1. The van der Waals surface area contributed by atoms with Gasteiger partial charge in [-0.2, -0.15) is 21.0 Å². The monoisotopic (exact) mass is 610 g/mol. The molecular formula is C40H18N8. The lowest BCUT2D eigenvalue weighted by Gasteiger charge is -2.21. The molecule has 0 amide bonds. The summed E-state index contributed by atoms with van der Waals surface area (Å²) in [5, 5.41) is 44.9. The second-order valence-electron chi connectivity index (χ2n) is 11.3. The predicted octanol–water partition coefficient (Wildman–Crippen LogP) is 8.32. The molecule has 8 nitrogen and oxygen atoms in total. The Hall–Kier alpha value is -7.52. The minimum absolute atomic E-state index is 0.429. The fourth-order valence-corrected chi connectivity index (χ4v) is 6.58. The molecule has 0 N–H and O–H groups in total. The quantitative estimate of drug-likeness (QED) is 0.181. The molecule has 0 atom stereocenters. The van der Waals surface area contributed by atoms with E-state index in [1.807, 2.05) is 24.3 Å². The largest absolute Gasteiger partial charge is 0.264 e. The normalized spacial score (nSPS) is 10.8. The Kier molecular flexibility index (Phi) is 6.49. The molecule has 8 rings (SSSR count). The van der Waals surface area contributed by atoms with E-state index in [0.29, 0.717) is 27.8 Å². The maximum atomic E-state index is 10.1. The van der Waals surface area contributed by atoms with Crippen LogP contribution in [0.15, 0.2) is 110 Å². The Morgan fingerprint density at radius 2 is 0.792 bits per heavy atom. The zero-order chi connectivity index (χ0) is 32.8. The number of rotatable bonds is 4. The Labute approximate surface area is 274 Å². The van der Waals surface area contributed by atoms with Crippen molar-refractivity contribution in [1.82, 2.24) is 19.9 Å². The maximum absolute atomic E-state index is 10.1. The average molecular weight is 611 g/mol. The summed E-state index contributed by atoms with van der Waals surface area (Å²) in [6.45, 7) is 0. The topological polar surface area (TPSA) is 147 Å². The molecule has 8 aromatic rings. The summed E-state index contributed by atoms with van der Waals surface area (Å²) in [4.78, 5) is 17.5. The van der Waals surface area contributed by atoms with Crippen molar-refractivity contribution in [1.29, 1.82) is 21.0 Å². The molecule has 8 heteroatoms. The van der Waals surface area contributed by atoms with Gasteiger partial charge in [0.05, 0.1) is 28.3 Å². The lowest BCUT2D eigenvalue weighted by Crippen LogP contribution is -1.96. The molecule has 218 valence electrons. The van der Waals surface area contributed by atoms with Crippen molar-refractivity contribution in [3.8, 4) is 68.8 Å². The lowest BCUT2D eigenvalue weighted by atomic mass is 9.82. The first-order valence-corrected chi connectivity index (χ1v) is 14.8. The Balaban J connectivity index is 1.60. The molecular weight excluding hydrogens is 592 g/mol. The van der Waals surface area contributed by atoms with Crippen LogP contribution >= 0.6 is 0 Å². The summed E-state index contributed by atoms with van der Waals surface area (Å²) < 4.78 is 0. The third-order valence-electron chi connectivity index (χ3n) is 8.67. The van der Waals surface area contributed by atoms with Gasteiger partial charge < -0.3 is 0 Å². The lowest BCUT2D eigenvalue weighted by molar-refractivity contribution is 1.30. The second kappa shape index (κ2) is 11.1. The standard InChI is InChI=1S/C40H18N8/c41-12-23-7-27(19-46-16-23)34-10-35(28-8-24(13-42)17-47-20-28)31-3-4-33-37(38-22-45-6-5-26(38)15-44)11-36(29-9-25(14-43)18-48-21-29)32-2-1-30(34)39(31)40(32)33/h1-11,16-22H. The van der Waals surface area contributed by atoms with Crippen molar-refractivity contribution in [2.75, 3.05) is 0 Å². The van der Waals surface area contributed by atoms with E-state index in [1.54, 1.807) is 37.1 Å². The first-order chi connectivity index (χ1) is 23.6. The van der Waals surface area contributed by atoms with Gasteiger partial charge in [-0.15, -0.1) is 0 Å². The van der Waals surface area contributed by atoms with E-state index in [1.165, 1.54) is 18.6 Å². The molecule has 0 aliphatic carbocycles. The number of pyridine rings is 4. The van der Waals surface area contributed by atoms with Gasteiger partial charge in [-0.3, -0.25) is 19.9 Å². The van der Waals surface area contributed by atoms with E-state index in [0.717, 1.165) is 71.3 Å². The van der Waals surface area contributed by atoms with E-state index in [2.05, 4.69) is 74.5 Å². The molecule has 0 aliphatic heterocycles. The van der Waals surface area contributed by atoms with Gasteiger partial charge in [-0.05, 0) is 91.0 Å². The van der Waals surface area contributed by atoms with Crippen LogP contribution in [0.25, 0.3) is 76.8 Å². The number of aromatic nitrogens is 4. The highest BCUT2D eigenvalue weighted by Crippen LogP contribution is 2.48. The van der Waals surface area contributed by atoms with Crippen LogP contribution in [0.2, 0.25) is 0 Å². The van der Waals surface area contributed by atoms with E-state index >= 15 is 0 Å². The van der Waals surface area contributed by atoms with Crippen LogP contribution in [-0.4, -0.2) is 19.9 Å². The molecule has 4 aromatic carbocycles. The fraction of sp³-hybridized carbons (Fsp3) is 0. The van der Waals surface area contributed by atoms with Gasteiger partial charge in [0.1, 0.15) is 18.2 Å². The summed E-state index contributed by atoms with van der Waals surface area (Å²) in [7, 11) is 0. The van der Waals surface area contributed by atoms with Crippen molar-refractivity contribution in [3.05, 3.63) is 132 Å². The summed E-state index contributed by atoms with van der Waals surface area (Å²) >= 11 is 0. The third kappa shape index (κ3) is 4.35. The van der Waals surface area contributed by atoms with Crippen LogP contribution in [0.5, 0.6) is 0 Å². The molecule has 0 aliphatic rings. The molecule has 4 heterocycles. The van der Waals surface area contributed by atoms with Crippen LogP contribution in [0.1, 0.15) is 22.3 Å². The molecule has 0 saturated heterocycles. The number of hydrogen-bond donors (Lipinski definition) is 0. The van der Waals surface area contributed by atoms with Gasteiger partial charge in [-0.25, -0.2) is 0 Å². The summed E-state index contributed by atoms with van der Waals surface area (Å²) in [5.41, 5.74) is 8.12. The molecule has 0 spiro atoms. The smallest absolute Gasteiger partial charge is 0.101 e. The third-order valence-corrected chi connectivity index (χ3v) is 8.67. The van der Waals surface area contributed by atoms with Crippen LogP contribution < -0.4 is 0 Å². The maximum Gasteiger partial charge on any atom is 0.101 e. The van der Waals surface area contributed by atoms with Crippen molar-refractivity contribution >= 4 is 32.3 Å². The van der Waals surface area contributed by atoms with Crippen molar-refractivity contribution in [2.24, 2.45) is 0 Å². The van der Waals surface area contributed by atoms with E-state index < -0.39 is 0 Å². The van der Waals surface area contributed by atoms with Crippen LogP contribution in [0, 0.1) is 45.3 Å². The minimum Gasteiger partial charge on any atom is -0.264 e. The molecule has 0 unspecified atom stereocenters. The van der Waals surface area contributed by atoms with E-state index in [4.69, 9.17) is 0 Å². The summed E-state index contributed by atoms with van der Waals surface area (Å²) in [6, 6.07) is 28.4. The first-order valence-electron chi connectivity index (χ1n) is 14.8. The fourth-order valence-electron chi connectivity index (χ4n) is 6.58. The highest BCUT2D eigenvalue weighted by molar-refractivity contribution is 6.32. The molecule has 0 saturated carbocycles. The minimum atomic E-state index is 0.429. The molecule has 0 bridgehead atoms. The highest BCUT2D eigenvalue weighted by atomic mass is 14.6. The van der Waals surface area contributed by atoms with Crippen LogP contribution in [0.3, 0.4) is 0 Å². The number of nitriles is 4. The number of nitrogens with zero attached hydrogens (tertiary/aromatic N) is 8. The van der Waals surface area contributed by atoms with Crippen LogP contribution in [-0.2, 0) is 0 Å². The molecule has 0 radical (unpaired) electrons. The zero-order valence-electron chi connectivity index (χ0n) is 25.0. The van der Waals surface area contributed by atoms with Gasteiger partial charge in [0.2, 0.25) is 0 Å². The van der Waals surface area contributed by atoms with E-state index in [-0.39, 0.29) is 0 Å². The molecule has 4 aromatic heterocycles. The van der Waals surface area contributed by atoms with E-state index in [9.17, 15) is 21.0 Å². The zero-order valence-corrected chi connectivity index (χ0v) is 25.0. The predicted molar refractivity (Wildman–Crippen MR) is 182 cm³/mol. The molecule has 48 heavy (non-hydrogen) atoms. The first kappa shape index (κ1) is 28.0. The summed E-state index contributed by atoms with van der Waals surface area (Å²) in [5.74, 6) is 0. The van der Waals surface area contributed by atoms with Crippen molar-refractivity contribution < 1.29 is 0 Å². The van der Waals surface area contributed by atoms with Crippen molar-refractivity contribution in [3.63, 3.8) is 0 Å². The number of hydrogen-bond acceptors (Lipinski definition) is 8. The van der Waals surface area contributed by atoms with Gasteiger partial charge in [0.15, 0.2) is 0 Å². The van der Waals surface area contributed by atoms with Crippen LogP contribution in [0.4, 0.5) is 0 Å². The van der Waals surface area contributed by atoms with Gasteiger partial charge >= 0.3 is 0 Å².